The second-order valence-corrected chi connectivity index (χ2v) is 20.4. The highest BCUT2D eigenvalue weighted by Crippen LogP contribution is 2.33. The molecule has 0 saturated carbocycles. The number of aliphatic hydroxyl groups is 11. The molecule has 74 heavy (non-hydrogen) atoms. The number of allylic oxidation sites excluding steroid dienone is 5. The Morgan fingerprint density at radius 3 is 1.35 bits per heavy atom. The summed E-state index contributed by atoms with van der Waals surface area (Å²) >= 11 is 0. The molecule has 3 fully saturated rings. The van der Waals surface area contributed by atoms with Gasteiger partial charge in [0.1, 0.15) is 73.2 Å². The van der Waals surface area contributed by atoms with Crippen molar-refractivity contribution < 1.29 is 89.4 Å². The predicted octanol–water partition coefficient (Wildman–Crippen LogP) is 3.76. The molecule has 3 saturated heterocycles. The summed E-state index contributed by atoms with van der Waals surface area (Å²) in [7, 11) is 0. The second-order valence-electron chi connectivity index (χ2n) is 20.4. The molecule has 19 nitrogen and oxygen atoms in total. The van der Waals surface area contributed by atoms with E-state index in [1.807, 2.05) is 6.08 Å². The lowest BCUT2D eigenvalue weighted by Crippen LogP contribution is -2.66. The third kappa shape index (κ3) is 23.9. The lowest BCUT2D eigenvalue weighted by atomic mass is 9.96. The maximum Gasteiger partial charge on any atom is 0.220 e. The molecule has 3 rings (SSSR count). The molecule has 0 radical (unpaired) electrons. The highest BCUT2D eigenvalue weighted by atomic mass is 16.8. The first-order chi connectivity index (χ1) is 35.8. The molecule has 1 amide bonds. The van der Waals surface area contributed by atoms with Crippen molar-refractivity contribution in [1.82, 2.24) is 5.32 Å². The summed E-state index contributed by atoms with van der Waals surface area (Å²) < 4.78 is 34.1. The van der Waals surface area contributed by atoms with E-state index in [0.29, 0.717) is 12.8 Å². The van der Waals surface area contributed by atoms with Gasteiger partial charge in [-0.3, -0.25) is 4.79 Å². The van der Waals surface area contributed by atoms with E-state index in [9.17, 15) is 61.0 Å². The molecule has 12 N–H and O–H groups in total. The van der Waals surface area contributed by atoms with Crippen molar-refractivity contribution in [3.63, 3.8) is 0 Å². The van der Waals surface area contributed by atoms with E-state index < -0.39 is 124 Å². The number of ether oxygens (including phenoxy) is 6. The van der Waals surface area contributed by atoms with Gasteiger partial charge in [0.05, 0.1) is 38.6 Å². The standard InChI is InChI=1S/C55H99NO18/c1-3-5-7-9-11-12-13-14-15-16-17-18-19-20-21-22-23-24-25-27-28-30-32-39(60)38(56-43(61)33-31-29-26-10-8-6-4-2)37-69-53-49(67)46(64)51(41(35-58)71-53)74-55-50(68)47(65)52(42(36-59)72-55)73-54-48(66)45(63)44(62)40(34-57)70-54/h20-21,24-25,30,32,38-42,44-55,57-60,62-68H,3-19,22-23,26-29,31,33-37H2,1-2H3,(H,56,61)/b21-20+,25-24+,32-30+. The van der Waals surface area contributed by atoms with Gasteiger partial charge in [-0.15, -0.1) is 0 Å². The predicted molar refractivity (Wildman–Crippen MR) is 277 cm³/mol. The van der Waals surface area contributed by atoms with Crippen molar-refractivity contribution in [2.75, 3.05) is 26.4 Å². The SMILES string of the molecule is CCCCCCCCCCCCCC/C=C/CC/C=C/CC/C=C/C(O)C(COC1OC(CO)C(OC2OC(CO)C(OC3OC(CO)C(O)C(O)C3O)C(O)C2O)C(O)C1O)NC(=O)CCCCCCCCC. The van der Waals surface area contributed by atoms with E-state index in [-0.39, 0.29) is 18.9 Å². The Hall–Kier alpha value is -1.99. The number of rotatable bonds is 40. The highest BCUT2D eigenvalue weighted by molar-refractivity contribution is 5.76. The first-order valence-corrected chi connectivity index (χ1v) is 28.2. The minimum absolute atomic E-state index is 0.231. The fourth-order valence-electron chi connectivity index (χ4n) is 9.46. The topological polar surface area (TPSA) is 307 Å². The maximum absolute atomic E-state index is 13.1. The quantitative estimate of drug-likeness (QED) is 0.0307. The first kappa shape index (κ1) is 66.3. The van der Waals surface area contributed by atoms with Crippen LogP contribution in [-0.2, 0) is 33.2 Å². The molecule has 0 spiro atoms. The lowest BCUT2D eigenvalue weighted by Gasteiger charge is -2.48. The van der Waals surface area contributed by atoms with Gasteiger partial charge in [-0.25, -0.2) is 0 Å². The van der Waals surface area contributed by atoms with Crippen LogP contribution in [-0.4, -0.2) is 193 Å². The van der Waals surface area contributed by atoms with Gasteiger partial charge in [0.15, 0.2) is 18.9 Å². The van der Waals surface area contributed by atoms with Gasteiger partial charge in [-0.05, 0) is 44.9 Å². The van der Waals surface area contributed by atoms with Crippen molar-refractivity contribution in [3.8, 4) is 0 Å². The molecular weight excluding hydrogens is 963 g/mol. The van der Waals surface area contributed by atoms with Gasteiger partial charge in [0.2, 0.25) is 5.91 Å². The third-order valence-electron chi connectivity index (χ3n) is 14.2. The monoisotopic (exact) mass is 1060 g/mol. The Kier molecular flexibility index (Phi) is 35.3. The van der Waals surface area contributed by atoms with Crippen molar-refractivity contribution in [3.05, 3.63) is 36.5 Å². The van der Waals surface area contributed by atoms with E-state index in [1.54, 1.807) is 6.08 Å². The van der Waals surface area contributed by atoms with Crippen molar-refractivity contribution in [2.24, 2.45) is 0 Å². The Labute approximate surface area is 440 Å². The van der Waals surface area contributed by atoms with Crippen LogP contribution in [0, 0.1) is 0 Å². The van der Waals surface area contributed by atoms with E-state index in [4.69, 9.17) is 28.4 Å². The molecule has 0 aromatic carbocycles. The zero-order chi connectivity index (χ0) is 54.1. The van der Waals surface area contributed by atoms with Crippen molar-refractivity contribution in [1.29, 1.82) is 0 Å². The number of nitrogens with one attached hydrogen (secondary N) is 1. The molecule has 17 unspecified atom stereocenters. The summed E-state index contributed by atoms with van der Waals surface area (Å²) in [6, 6.07) is -0.990. The van der Waals surface area contributed by atoms with Gasteiger partial charge in [0.25, 0.3) is 0 Å². The number of hydrogen-bond acceptors (Lipinski definition) is 18. The first-order valence-electron chi connectivity index (χ1n) is 28.2. The van der Waals surface area contributed by atoms with E-state index in [1.165, 1.54) is 83.5 Å². The Morgan fingerprint density at radius 1 is 0.473 bits per heavy atom. The summed E-state index contributed by atoms with van der Waals surface area (Å²) in [5.74, 6) is -0.298. The average molecular weight is 1060 g/mol. The Morgan fingerprint density at radius 2 is 0.865 bits per heavy atom. The van der Waals surface area contributed by atoms with Crippen LogP contribution in [0.4, 0.5) is 0 Å². The maximum atomic E-state index is 13.1. The largest absolute Gasteiger partial charge is 0.394 e. The van der Waals surface area contributed by atoms with Crippen molar-refractivity contribution in [2.45, 2.75) is 279 Å². The Balaban J connectivity index is 1.49. The van der Waals surface area contributed by atoms with Gasteiger partial charge in [-0.1, -0.05) is 159 Å². The highest BCUT2D eigenvalue weighted by Gasteiger charge is 2.53. The van der Waals surface area contributed by atoms with Gasteiger partial charge >= 0.3 is 0 Å². The molecule has 3 aliphatic heterocycles. The van der Waals surface area contributed by atoms with Crippen LogP contribution >= 0.6 is 0 Å². The van der Waals surface area contributed by atoms with Crippen LogP contribution in [0.15, 0.2) is 36.5 Å². The number of hydrogen-bond donors (Lipinski definition) is 12. The van der Waals surface area contributed by atoms with Crippen LogP contribution in [0.1, 0.15) is 174 Å². The molecule has 3 heterocycles. The van der Waals surface area contributed by atoms with Gasteiger partial charge in [-0.2, -0.15) is 0 Å². The van der Waals surface area contributed by atoms with Gasteiger partial charge in [0, 0.05) is 6.42 Å². The average Bonchev–Trinajstić information content (AvgIpc) is 3.40. The fraction of sp³-hybridized carbons (Fsp3) is 0.873. The van der Waals surface area contributed by atoms with E-state index in [0.717, 1.165) is 57.8 Å². The van der Waals surface area contributed by atoms with E-state index >= 15 is 0 Å². The zero-order valence-corrected chi connectivity index (χ0v) is 44.6. The number of amides is 1. The number of aliphatic hydroxyl groups excluding tert-OH is 11. The molecule has 0 aromatic rings. The number of carbonyl (C=O) groups is 1. The van der Waals surface area contributed by atoms with Crippen LogP contribution in [0.25, 0.3) is 0 Å². The summed E-state index contributed by atoms with van der Waals surface area (Å²) in [5.41, 5.74) is 0. The van der Waals surface area contributed by atoms with Crippen LogP contribution < -0.4 is 5.32 Å². The smallest absolute Gasteiger partial charge is 0.220 e. The summed E-state index contributed by atoms with van der Waals surface area (Å²) in [6.07, 6.45) is 13.3. The molecule has 3 aliphatic rings. The fourth-order valence-corrected chi connectivity index (χ4v) is 9.46. The minimum atomic E-state index is -1.98. The zero-order valence-electron chi connectivity index (χ0n) is 44.6. The number of carbonyl (C=O) groups excluding carboxylic acids is 1. The normalized spacial score (nSPS) is 31.7. The van der Waals surface area contributed by atoms with Crippen molar-refractivity contribution >= 4 is 5.91 Å². The summed E-state index contributed by atoms with van der Waals surface area (Å²) in [5, 5.41) is 120. The molecule has 0 aliphatic carbocycles. The lowest BCUT2D eigenvalue weighted by molar-refractivity contribution is -0.379. The molecule has 432 valence electrons. The Bertz CT molecular complexity index is 1500. The molecule has 0 aromatic heterocycles. The molecule has 0 bridgehead atoms. The second kappa shape index (κ2) is 39.4. The molecular formula is C55H99NO18. The molecule has 17 atom stereocenters. The summed E-state index contributed by atoms with van der Waals surface area (Å²) in [6.45, 7) is 1.61. The third-order valence-corrected chi connectivity index (χ3v) is 14.2. The minimum Gasteiger partial charge on any atom is -0.394 e. The van der Waals surface area contributed by atoms with E-state index in [2.05, 4.69) is 43.5 Å². The molecule has 19 heteroatoms. The van der Waals surface area contributed by atoms with Crippen LogP contribution in [0.2, 0.25) is 0 Å². The number of unbranched alkanes of at least 4 members (excludes halogenated alkanes) is 20. The van der Waals surface area contributed by atoms with Gasteiger partial charge < -0.3 is 89.9 Å². The summed E-state index contributed by atoms with van der Waals surface area (Å²) in [4.78, 5) is 13.1. The van der Waals surface area contributed by atoms with Crippen LogP contribution in [0.3, 0.4) is 0 Å². The van der Waals surface area contributed by atoms with Crippen LogP contribution in [0.5, 0.6) is 0 Å².